The first kappa shape index (κ1) is 20.9. The number of carbonyl (C=O) groups is 2. The predicted molar refractivity (Wildman–Crippen MR) is 106 cm³/mol. The zero-order valence-corrected chi connectivity index (χ0v) is 16.9. The normalized spacial score (nSPS) is 10.3. The topological polar surface area (TPSA) is 73.9 Å². The molecule has 0 bridgehead atoms. The summed E-state index contributed by atoms with van der Waals surface area (Å²) in [5.74, 6) is -0.211. The molecule has 2 aromatic rings. The molecule has 1 amide bonds. The quantitative estimate of drug-likeness (QED) is 0.476. The molecular formula is C20H22BrNO5. The number of hydrogen-bond acceptors (Lipinski definition) is 5. The van der Waals surface area contributed by atoms with Crippen molar-refractivity contribution in [2.45, 2.75) is 13.8 Å². The number of amides is 1. The van der Waals surface area contributed by atoms with Crippen LogP contribution in [-0.4, -0.2) is 38.3 Å². The number of ether oxygens (including phenoxy) is 3. The summed E-state index contributed by atoms with van der Waals surface area (Å²) in [5.41, 5.74) is 1.93. The maximum Gasteiger partial charge on any atom is 0.338 e. The van der Waals surface area contributed by atoms with Gasteiger partial charge in [-0.05, 0) is 65.7 Å². The second-order valence-corrected chi connectivity index (χ2v) is 6.54. The van der Waals surface area contributed by atoms with E-state index >= 15 is 0 Å². The van der Waals surface area contributed by atoms with E-state index < -0.39 is 5.97 Å². The molecule has 0 radical (unpaired) electrons. The molecular weight excluding hydrogens is 414 g/mol. The van der Waals surface area contributed by atoms with Gasteiger partial charge in [0.25, 0.3) is 5.91 Å². The zero-order valence-electron chi connectivity index (χ0n) is 15.3. The van der Waals surface area contributed by atoms with Gasteiger partial charge in [-0.25, -0.2) is 4.79 Å². The van der Waals surface area contributed by atoms with Gasteiger partial charge in [0.1, 0.15) is 12.4 Å². The monoisotopic (exact) mass is 435 g/mol. The highest BCUT2D eigenvalue weighted by Gasteiger charge is 2.10. The minimum absolute atomic E-state index is 0.148. The van der Waals surface area contributed by atoms with Crippen molar-refractivity contribution < 1.29 is 23.8 Å². The molecule has 2 aromatic carbocycles. The summed E-state index contributed by atoms with van der Waals surface area (Å²) < 4.78 is 16.5. The Morgan fingerprint density at radius 1 is 1.11 bits per heavy atom. The summed E-state index contributed by atoms with van der Waals surface area (Å²) in [6, 6.07) is 12.2. The van der Waals surface area contributed by atoms with Gasteiger partial charge >= 0.3 is 5.97 Å². The maximum atomic E-state index is 12.1. The third kappa shape index (κ3) is 7.03. The van der Waals surface area contributed by atoms with Gasteiger partial charge in [-0.3, -0.25) is 4.79 Å². The summed E-state index contributed by atoms with van der Waals surface area (Å²) in [6.07, 6.45) is 0. The highest BCUT2D eigenvalue weighted by atomic mass is 79.9. The van der Waals surface area contributed by atoms with Crippen LogP contribution in [0.3, 0.4) is 0 Å². The van der Waals surface area contributed by atoms with Gasteiger partial charge in [-0.2, -0.15) is 0 Å². The van der Waals surface area contributed by atoms with Crippen LogP contribution in [0, 0.1) is 6.92 Å². The predicted octanol–water partition coefficient (Wildman–Crippen LogP) is 3.97. The largest absolute Gasteiger partial charge is 0.483 e. The second kappa shape index (κ2) is 10.7. The molecule has 0 aromatic heterocycles. The van der Waals surface area contributed by atoms with Crippen LogP contribution in [0.1, 0.15) is 22.8 Å². The molecule has 144 valence electrons. The van der Waals surface area contributed by atoms with Crippen LogP contribution in [0.15, 0.2) is 46.9 Å². The van der Waals surface area contributed by atoms with Gasteiger partial charge in [-0.15, -0.1) is 0 Å². The van der Waals surface area contributed by atoms with E-state index in [0.717, 1.165) is 10.0 Å². The number of anilines is 1. The lowest BCUT2D eigenvalue weighted by molar-refractivity contribution is -0.118. The number of carbonyl (C=O) groups excluding carboxylic acids is 2. The first-order valence-electron chi connectivity index (χ1n) is 8.53. The van der Waals surface area contributed by atoms with Crippen molar-refractivity contribution in [1.29, 1.82) is 0 Å². The van der Waals surface area contributed by atoms with Crippen molar-refractivity contribution in [3.63, 3.8) is 0 Å². The summed E-state index contributed by atoms with van der Waals surface area (Å²) >= 11 is 3.40. The van der Waals surface area contributed by atoms with Gasteiger partial charge in [0.2, 0.25) is 0 Å². The molecule has 0 fully saturated rings. The molecule has 1 N–H and O–H groups in total. The number of aryl methyl sites for hydroxylation is 1. The third-order valence-electron chi connectivity index (χ3n) is 3.49. The Hall–Kier alpha value is -2.38. The SMILES string of the molecule is CCOCCOC(=O)c1cccc(NC(=O)COc2ccc(C)cc2Br)c1. The Balaban J connectivity index is 1.87. The first-order valence-corrected chi connectivity index (χ1v) is 9.32. The Labute approximate surface area is 166 Å². The van der Waals surface area contributed by atoms with Crippen LogP contribution >= 0.6 is 15.9 Å². The first-order chi connectivity index (χ1) is 13.0. The van der Waals surface area contributed by atoms with Crippen LogP contribution in [0.2, 0.25) is 0 Å². The lowest BCUT2D eigenvalue weighted by Crippen LogP contribution is -2.20. The molecule has 0 saturated heterocycles. The number of benzene rings is 2. The highest BCUT2D eigenvalue weighted by molar-refractivity contribution is 9.10. The van der Waals surface area contributed by atoms with Crippen molar-refractivity contribution in [1.82, 2.24) is 0 Å². The average Bonchev–Trinajstić information content (AvgIpc) is 2.64. The van der Waals surface area contributed by atoms with Crippen molar-refractivity contribution >= 4 is 33.5 Å². The molecule has 2 rings (SSSR count). The minimum Gasteiger partial charge on any atom is -0.483 e. The Kier molecular flexibility index (Phi) is 8.29. The standard InChI is InChI=1S/C20H22BrNO5/c1-3-25-9-10-26-20(24)15-5-4-6-16(12-15)22-19(23)13-27-18-8-7-14(2)11-17(18)21/h4-8,11-12H,3,9-10,13H2,1-2H3,(H,22,23). The Bertz CT molecular complexity index is 794. The van der Waals surface area contributed by atoms with Gasteiger partial charge in [0.05, 0.1) is 16.6 Å². The van der Waals surface area contributed by atoms with E-state index in [1.807, 2.05) is 26.0 Å². The number of halogens is 1. The molecule has 27 heavy (non-hydrogen) atoms. The fourth-order valence-electron chi connectivity index (χ4n) is 2.21. The van der Waals surface area contributed by atoms with Crippen molar-refractivity contribution in [3.8, 4) is 5.75 Å². The van der Waals surface area contributed by atoms with Crippen molar-refractivity contribution in [2.75, 3.05) is 31.7 Å². The summed E-state index contributed by atoms with van der Waals surface area (Å²) in [5, 5.41) is 2.70. The third-order valence-corrected chi connectivity index (χ3v) is 4.11. The van der Waals surface area contributed by atoms with Gasteiger partial charge < -0.3 is 19.5 Å². The van der Waals surface area contributed by atoms with E-state index in [4.69, 9.17) is 14.2 Å². The zero-order chi connectivity index (χ0) is 19.6. The molecule has 6 nitrogen and oxygen atoms in total. The molecule has 0 aliphatic heterocycles. The van der Waals surface area contributed by atoms with E-state index in [9.17, 15) is 9.59 Å². The van der Waals surface area contributed by atoms with Crippen LogP contribution in [-0.2, 0) is 14.3 Å². The van der Waals surface area contributed by atoms with E-state index in [-0.39, 0.29) is 19.1 Å². The van der Waals surface area contributed by atoms with Gasteiger partial charge in [0.15, 0.2) is 6.61 Å². The Morgan fingerprint density at radius 2 is 1.93 bits per heavy atom. The molecule has 0 heterocycles. The molecule has 7 heteroatoms. The Morgan fingerprint density at radius 3 is 2.67 bits per heavy atom. The summed E-state index contributed by atoms with van der Waals surface area (Å²) in [7, 11) is 0. The number of nitrogens with one attached hydrogen (secondary N) is 1. The van der Waals surface area contributed by atoms with Crippen LogP contribution in [0.4, 0.5) is 5.69 Å². The van der Waals surface area contributed by atoms with E-state index in [1.165, 1.54) is 0 Å². The minimum atomic E-state index is -0.467. The van der Waals surface area contributed by atoms with Crippen molar-refractivity contribution in [3.05, 3.63) is 58.1 Å². The second-order valence-electron chi connectivity index (χ2n) is 5.68. The van der Waals surface area contributed by atoms with E-state index in [0.29, 0.717) is 30.2 Å². The van der Waals surface area contributed by atoms with Crippen LogP contribution < -0.4 is 10.1 Å². The lowest BCUT2D eigenvalue weighted by atomic mass is 10.2. The smallest absolute Gasteiger partial charge is 0.338 e. The van der Waals surface area contributed by atoms with E-state index in [2.05, 4.69) is 21.2 Å². The van der Waals surface area contributed by atoms with Crippen LogP contribution in [0.25, 0.3) is 0 Å². The number of hydrogen-bond donors (Lipinski definition) is 1. The van der Waals surface area contributed by atoms with Gasteiger partial charge in [-0.1, -0.05) is 12.1 Å². The molecule has 0 atom stereocenters. The maximum absolute atomic E-state index is 12.1. The number of rotatable bonds is 9. The van der Waals surface area contributed by atoms with E-state index in [1.54, 1.807) is 30.3 Å². The van der Waals surface area contributed by atoms with Crippen LogP contribution in [0.5, 0.6) is 5.75 Å². The summed E-state index contributed by atoms with van der Waals surface area (Å²) in [6.45, 7) is 4.80. The number of esters is 1. The molecule has 0 spiro atoms. The molecule has 0 aliphatic rings. The van der Waals surface area contributed by atoms with Crippen molar-refractivity contribution in [2.24, 2.45) is 0 Å². The molecule has 0 saturated carbocycles. The fourth-order valence-corrected chi connectivity index (χ4v) is 2.82. The summed E-state index contributed by atoms with van der Waals surface area (Å²) in [4.78, 5) is 24.1. The average molecular weight is 436 g/mol. The molecule has 0 unspecified atom stereocenters. The fraction of sp³-hybridized carbons (Fsp3) is 0.300. The molecule has 0 aliphatic carbocycles. The van der Waals surface area contributed by atoms with Gasteiger partial charge in [0, 0.05) is 12.3 Å². The highest BCUT2D eigenvalue weighted by Crippen LogP contribution is 2.25. The lowest BCUT2D eigenvalue weighted by Gasteiger charge is -2.10.